The Balaban J connectivity index is 1.75. The Labute approximate surface area is 115 Å². The molecule has 1 aliphatic rings. The van der Waals surface area contributed by atoms with Gasteiger partial charge in [-0.15, -0.1) is 0 Å². The number of nitrogens with zero attached hydrogens (tertiary/aromatic N) is 2. The van der Waals surface area contributed by atoms with E-state index in [1.54, 1.807) is 12.1 Å². The summed E-state index contributed by atoms with van der Waals surface area (Å²) in [5.74, 6) is -0.202. The molecule has 1 unspecified atom stereocenters. The summed E-state index contributed by atoms with van der Waals surface area (Å²) in [7, 11) is 0. The van der Waals surface area contributed by atoms with E-state index >= 15 is 0 Å². The molecule has 0 aliphatic carbocycles. The first-order chi connectivity index (χ1) is 9.19. The fourth-order valence-corrected chi connectivity index (χ4v) is 2.53. The van der Waals surface area contributed by atoms with Gasteiger partial charge in [-0.2, -0.15) is 0 Å². The monoisotopic (exact) mass is 265 g/mol. The molecule has 1 atom stereocenters. The lowest BCUT2D eigenvalue weighted by Gasteiger charge is -2.34. The Morgan fingerprint density at radius 2 is 1.68 bits per heavy atom. The molecule has 2 rings (SSSR count). The summed E-state index contributed by atoms with van der Waals surface area (Å²) in [6, 6.07) is 6.54. The molecule has 0 amide bonds. The number of benzene rings is 1. The van der Waals surface area contributed by atoms with Gasteiger partial charge in [0.2, 0.25) is 0 Å². The lowest BCUT2D eigenvalue weighted by molar-refractivity contribution is 0.134. The van der Waals surface area contributed by atoms with Gasteiger partial charge >= 0.3 is 0 Å². The maximum absolute atomic E-state index is 12.8. The molecular formula is C15H24FN3. The van der Waals surface area contributed by atoms with Gasteiger partial charge in [-0.1, -0.05) is 19.1 Å². The summed E-state index contributed by atoms with van der Waals surface area (Å²) >= 11 is 0. The van der Waals surface area contributed by atoms with Crippen molar-refractivity contribution >= 4 is 0 Å². The van der Waals surface area contributed by atoms with Crippen molar-refractivity contribution in [3.05, 3.63) is 35.6 Å². The van der Waals surface area contributed by atoms with Gasteiger partial charge in [0, 0.05) is 38.8 Å². The molecule has 1 aliphatic heterocycles. The van der Waals surface area contributed by atoms with Gasteiger partial charge in [0.1, 0.15) is 5.82 Å². The minimum Gasteiger partial charge on any atom is -0.324 e. The maximum atomic E-state index is 12.8. The third-order valence-corrected chi connectivity index (χ3v) is 3.97. The van der Waals surface area contributed by atoms with E-state index in [1.165, 1.54) is 12.1 Å². The molecule has 1 aromatic carbocycles. The van der Waals surface area contributed by atoms with Crippen LogP contribution in [-0.2, 0) is 0 Å². The van der Waals surface area contributed by atoms with Crippen molar-refractivity contribution in [2.24, 2.45) is 5.73 Å². The highest BCUT2D eigenvalue weighted by atomic mass is 19.1. The minimum absolute atomic E-state index is 0.00445. The van der Waals surface area contributed by atoms with Crippen LogP contribution in [0.1, 0.15) is 24.9 Å². The average Bonchev–Trinajstić information content (AvgIpc) is 2.46. The van der Waals surface area contributed by atoms with E-state index in [1.807, 2.05) is 0 Å². The standard InChI is InChI=1S/C15H24FN3/c1-2-18-9-11-19(12-10-18)8-7-15(17)13-3-5-14(16)6-4-13/h3-6,15H,2,7-12,17H2,1H3. The molecule has 0 bridgehead atoms. The fourth-order valence-electron chi connectivity index (χ4n) is 2.53. The summed E-state index contributed by atoms with van der Waals surface area (Å²) in [5, 5.41) is 0. The molecule has 0 radical (unpaired) electrons. The third-order valence-electron chi connectivity index (χ3n) is 3.97. The summed E-state index contributed by atoms with van der Waals surface area (Å²) < 4.78 is 12.8. The number of piperazine rings is 1. The second kappa shape index (κ2) is 6.98. The van der Waals surface area contributed by atoms with E-state index in [-0.39, 0.29) is 11.9 Å². The van der Waals surface area contributed by atoms with Gasteiger partial charge in [0.25, 0.3) is 0 Å². The first kappa shape index (κ1) is 14.4. The van der Waals surface area contributed by atoms with Crippen LogP contribution in [0.2, 0.25) is 0 Å². The number of nitrogens with two attached hydrogens (primary N) is 1. The molecule has 4 heteroatoms. The van der Waals surface area contributed by atoms with Crippen LogP contribution in [0.5, 0.6) is 0 Å². The first-order valence-electron chi connectivity index (χ1n) is 7.15. The lowest BCUT2D eigenvalue weighted by atomic mass is 10.0. The van der Waals surface area contributed by atoms with Crippen molar-refractivity contribution in [2.45, 2.75) is 19.4 Å². The Morgan fingerprint density at radius 3 is 2.26 bits per heavy atom. The highest BCUT2D eigenvalue weighted by molar-refractivity contribution is 5.19. The molecule has 19 heavy (non-hydrogen) atoms. The number of rotatable bonds is 5. The van der Waals surface area contributed by atoms with E-state index in [2.05, 4.69) is 16.7 Å². The van der Waals surface area contributed by atoms with Crippen molar-refractivity contribution in [3.8, 4) is 0 Å². The predicted octanol–water partition coefficient (Wildman–Crippen LogP) is 1.85. The molecule has 1 heterocycles. The topological polar surface area (TPSA) is 32.5 Å². The van der Waals surface area contributed by atoms with Crippen LogP contribution in [0.15, 0.2) is 24.3 Å². The van der Waals surface area contributed by atoms with Crippen LogP contribution in [0.3, 0.4) is 0 Å². The molecule has 2 N–H and O–H groups in total. The number of halogens is 1. The van der Waals surface area contributed by atoms with Crippen LogP contribution in [-0.4, -0.2) is 49.1 Å². The highest BCUT2D eigenvalue weighted by Crippen LogP contribution is 2.15. The Hall–Kier alpha value is -0.970. The van der Waals surface area contributed by atoms with E-state index in [4.69, 9.17) is 5.73 Å². The zero-order valence-corrected chi connectivity index (χ0v) is 11.7. The van der Waals surface area contributed by atoms with Gasteiger partial charge in [-0.25, -0.2) is 4.39 Å². The molecule has 1 saturated heterocycles. The molecule has 3 nitrogen and oxygen atoms in total. The lowest BCUT2D eigenvalue weighted by Crippen LogP contribution is -2.46. The zero-order valence-electron chi connectivity index (χ0n) is 11.7. The molecule has 0 spiro atoms. The smallest absolute Gasteiger partial charge is 0.123 e. The van der Waals surface area contributed by atoms with Crippen molar-refractivity contribution in [3.63, 3.8) is 0 Å². The second-order valence-electron chi connectivity index (χ2n) is 5.22. The van der Waals surface area contributed by atoms with Crippen molar-refractivity contribution in [1.29, 1.82) is 0 Å². The molecule has 0 saturated carbocycles. The first-order valence-corrected chi connectivity index (χ1v) is 7.15. The van der Waals surface area contributed by atoms with Gasteiger partial charge in [-0.05, 0) is 30.7 Å². The minimum atomic E-state index is -0.202. The summed E-state index contributed by atoms with van der Waals surface area (Å²) in [5.41, 5.74) is 7.18. The summed E-state index contributed by atoms with van der Waals surface area (Å²) in [6.45, 7) is 8.94. The van der Waals surface area contributed by atoms with Crippen LogP contribution >= 0.6 is 0 Å². The average molecular weight is 265 g/mol. The predicted molar refractivity (Wildman–Crippen MR) is 76.5 cm³/mol. The molecule has 106 valence electrons. The van der Waals surface area contributed by atoms with Crippen LogP contribution < -0.4 is 5.73 Å². The molecule has 0 aromatic heterocycles. The Bertz CT molecular complexity index is 371. The number of hydrogen-bond donors (Lipinski definition) is 1. The zero-order chi connectivity index (χ0) is 13.7. The van der Waals surface area contributed by atoms with Crippen LogP contribution in [0.25, 0.3) is 0 Å². The highest BCUT2D eigenvalue weighted by Gasteiger charge is 2.16. The van der Waals surface area contributed by atoms with E-state index < -0.39 is 0 Å². The maximum Gasteiger partial charge on any atom is 0.123 e. The van der Waals surface area contributed by atoms with E-state index in [9.17, 15) is 4.39 Å². The van der Waals surface area contributed by atoms with Crippen molar-refractivity contribution < 1.29 is 4.39 Å². The van der Waals surface area contributed by atoms with Crippen LogP contribution in [0.4, 0.5) is 4.39 Å². The summed E-state index contributed by atoms with van der Waals surface area (Å²) in [6.07, 6.45) is 0.928. The van der Waals surface area contributed by atoms with Crippen LogP contribution in [0, 0.1) is 5.82 Å². The van der Waals surface area contributed by atoms with Gasteiger partial charge in [0.15, 0.2) is 0 Å². The van der Waals surface area contributed by atoms with Gasteiger partial charge < -0.3 is 15.5 Å². The normalized spacial score (nSPS) is 19.5. The number of hydrogen-bond acceptors (Lipinski definition) is 3. The third kappa shape index (κ3) is 4.27. The van der Waals surface area contributed by atoms with E-state index in [0.717, 1.165) is 51.3 Å². The Morgan fingerprint density at radius 1 is 1.11 bits per heavy atom. The van der Waals surface area contributed by atoms with Crippen molar-refractivity contribution in [2.75, 3.05) is 39.3 Å². The summed E-state index contributed by atoms with van der Waals surface area (Å²) in [4.78, 5) is 4.94. The van der Waals surface area contributed by atoms with Gasteiger partial charge in [0.05, 0.1) is 0 Å². The molecule has 1 aromatic rings. The largest absolute Gasteiger partial charge is 0.324 e. The number of likely N-dealkylation sites (N-methyl/N-ethyl adjacent to an activating group) is 1. The quantitative estimate of drug-likeness (QED) is 0.882. The molecule has 1 fully saturated rings. The van der Waals surface area contributed by atoms with Gasteiger partial charge in [-0.3, -0.25) is 0 Å². The molecular weight excluding hydrogens is 241 g/mol. The van der Waals surface area contributed by atoms with Crippen molar-refractivity contribution in [1.82, 2.24) is 9.80 Å². The SMILES string of the molecule is CCN1CCN(CCC(N)c2ccc(F)cc2)CC1. The van der Waals surface area contributed by atoms with E-state index in [0.29, 0.717) is 0 Å². The second-order valence-corrected chi connectivity index (χ2v) is 5.22. The Kier molecular flexibility index (Phi) is 5.31. The fraction of sp³-hybridized carbons (Fsp3) is 0.600.